The van der Waals surface area contributed by atoms with Gasteiger partial charge in [-0.3, -0.25) is 14.4 Å². The highest BCUT2D eigenvalue weighted by Crippen LogP contribution is 2.14. The van der Waals surface area contributed by atoms with Crippen LogP contribution in [0.3, 0.4) is 0 Å². The minimum Gasteiger partial charge on any atom is -0.462 e. The zero-order chi connectivity index (χ0) is 48.6. The Kier molecular flexibility index (Phi) is 52.4. The van der Waals surface area contributed by atoms with E-state index in [1.807, 2.05) is 0 Å². The molecule has 0 aromatic heterocycles. The highest BCUT2D eigenvalue weighted by molar-refractivity contribution is 5.71. The molecule has 6 heteroatoms. The van der Waals surface area contributed by atoms with E-state index in [9.17, 15) is 14.4 Å². The molecule has 0 saturated heterocycles. The third kappa shape index (κ3) is 53.4. The lowest BCUT2D eigenvalue weighted by molar-refractivity contribution is -0.167. The molecule has 6 nitrogen and oxygen atoms in total. The first-order chi connectivity index (χ1) is 33.0. The SMILES string of the molecule is CCCCC/C=C\C/C=C\C/C=C\C/C=C\CCCCCC(=O)OC[C@@H](COC(=O)CCCCCCCCCCCCC)OC(=O)CCCCCCCC/C=C\C/C=C\C/C=C\CCCCC. The summed E-state index contributed by atoms with van der Waals surface area (Å²) in [4.78, 5) is 38.1. The number of carbonyl (C=O) groups is 3. The Hall–Kier alpha value is -3.41. The van der Waals surface area contributed by atoms with Gasteiger partial charge in [-0.05, 0) is 103 Å². The highest BCUT2D eigenvalue weighted by atomic mass is 16.6. The molecule has 0 amide bonds. The molecule has 0 unspecified atom stereocenters. The lowest BCUT2D eigenvalue weighted by Gasteiger charge is -2.18. The molecule has 0 fully saturated rings. The van der Waals surface area contributed by atoms with Crippen molar-refractivity contribution in [1.29, 1.82) is 0 Å². The molecule has 0 saturated carbocycles. The van der Waals surface area contributed by atoms with Crippen LogP contribution in [0.4, 0.5) is 0 Å². The number of allylic oxidation sites excluding steroid dienone is 14. The molecular weight excluding hydrogens is 829 g/mol. The molecular formula is C61H104O6. The molecule has 0 bridgehead atoms. The zero-order valence-corrected chi connectivity index (χ0v) is 43.9. The second-order valence-corrected chi connectivity index (χ2v) is 18.5. The quantitative estimate of drug-likeness (QED) is 0.0262. The Morgan fingerprint density at radius 2 is 0.537 bits per heavy atom. The Balaban J connectivity index is 4.44. The molecule has 0 spiro atoms. The van der Waals surface area contributed by atoms with Gasteiger partial charge in [0.2, 0.25) is 0 Å². The van der Waals surface area contributed by atoms with E-state index in [1.54, 1.807) is 0 Å². The molecule has 0 aliphatic heterocycles. The topological polar surface area (TPSA) is 78.9 Å². The van der Waals surface area contributed by atoms with Gasteiger partial charge < -0.3 is 14.2 Å². The van der Waals surface area contributed by atoms with Gasteiger partial charge in [-0.25, -0.2) is 0 Å². The van der Waals surface area contributed by atoms with Crippen molar-refractivity contribution in [3.05, 3.63) is 85.1 Å². The van der Waals surface area contributed by atoms with Crippen LogP contribution < -0.4 is 0 Å². The minimum absolute atomic E-state index is 0.0910. The van der Waals surface area contributed by atoms with Gasteiger partial charge >= 0.3 is 17.9 Å². The van der Waals surface area contributed by atoms with Crippen LogP contribution in [0, 0.1) is 0 Å². The van der Waals surface area contributed by atoms with Crippen LogP contribution >= 0.6 is 0 Å². The lowest BCUT2D eigenvalue weighted by Crippen LogP contribution is -2.30. The normalized spacial score (nSPS) is 12.7. The number of hydrogen-bond acceptors (Lipinski definition) is 6. The summed E-state index contributed by atoms with van der Waals surface area (Å²) in [5.41, 5.74) is 0. The number of rotatable bonds is 50. The average molecular weight is 933 g/mol. The van der Waals surface area contributed by atoms with Gasteiger partial charge in [-0.15, -0.1) is 0 Å². The maximum Gasteiger partial charge on any atom is 0.306 e. The molecule has 0 N–H and O–H groups in total. The van der Waals surface area contributed by atoms with Gasteiger partial charge in [0.25, 0.3) is 0 Å². The number of carbonyl (C=O) groups excluding carboxylic acids is 3. The smallest absolute Gasteiger partial charge is 0.306 e. The van der Waals surface area contributed by atoms with E-state index >= 15 is 0 Å². The van der Waals surface area contributed by atoms with Crippen molar-refractivity contribution >= 4 is 17.9 Å². The monoisotopic (exact) mass is 933 g/mol. The predicted molar refractivity (Wildman–Crippen MR) is 288 cm³/mol. The molecule has 0 aromatic carbocycles. The summed E-state index contributed by atoms with van der Waals surface area (Å²) in [5.74, 6) is -0.933. The highest BCUT2D eigenvalue weighted by Gasteiger charge is 2.19. The van der Waals surface area contributed by atoms with E-state index in [2.05, 4.69) is 106 Å². The molecule has 0 aromatic rings. The standard InChI is InChI=1S/C61H104O6/c1-4-7-10-13-16-19-22-24-26-28-30-32-34-36-39-42-45-48-51-54-60(63)66-57-58(56-65-59(62)53-50-47-44-41-38-21-18-15-12-9-6-3)67-61(64)55-52-49-46-43-40-37-35-33-31-29-27-25-23-20-17-14-11-8-5-2/h16-17,19-20,24-27,30-33,36,39,58H,4-15,18,21-23,28-29,34-35,37-38,40-57H2,1-3H3/b19-16-,20-17-,26-24-,27-25-,32-30-,33-31-,39-36-/t58-/m1/s1. The largest absolute Gasteiger partial charge is 0.462 e. The number of hydrogen-bond donors (Lipinski definition) is 0. The van der Waals surface area contributed by atoms with Gasteiger partial charge in [0.05, 0.1) is 0 Å². The van der Waals surface area contributed by atoms with E-state index in [0.29, 0.717) is 19.3 Å². The molecule has 0 aliphatic rings. The van der Waals surface area contributed by atoms with Gasteiger partial charge in [-0.2, -0.15) is 0 Å². The fourth-order valence-electron chi connectivity index (χ4n) is 7.61. The second kappa shape index (κ2) is 55.2. The number of unbranched alkanes of at least 4 members (excludes halogenated alkanes) is 25. The first kappa shape index (κ1) is 63.6. The van der Waals surface area contributed by atoms with Crippen LogP contribution in [-0.4, -0.2) is 37.2 Å². The Labute approximate surface area is 414 Å². The number of ether oxygens (including phenoxy) is 3. The van der Waals surface area contributed by atoms with Crippen molar-refractivity contribution in [1.82, 2.24) is 0 Å². The van der Waals surface area contributed by atoms with Crippen LogP contribution in [0.25, 0.3) is 0 Å². The average Bonchev–Trinajstić information content (AvgIpc) is 3.33. The third-order valence-corrected chi connectivity index (χ3v) is 11.9. The van der Waals surface area contributed by atoms with Gasteiger partial charge in [0, 0.05) is 19.3 Å². The fourth-order valence-corrected chi connectivity index (χ4v) is 7.61. The summed E-state index contributed by atoms with van der Waals surface area (Å²) in [7, 11) is 0. The van der Waals surface area contributed by atoms with Crippen molar-refractivity contribution in [2.24, 2.45) is 0 Å². The van der Waals surface area contributed by atoms with Gasteiger partial charge in [0.1, 0.15) is 13.2 Å². The van der Waals surface area contributed by atoms with Crippen molar-refractivity contribution in [2.45, 2.75) is 271 Å². The molecule has 67 heavy (non-hydrogen) atoms. The van der Waals surface area contributed by atoms with E-state index in [0.717, 1.165) is 109 Å². The minimum atomic E-state index is -0.795. The Morgan fingerprint density at radius 3 is 0.881 bits per heavy atom. The summed E-state index contributed by atoms with van der Waals surface area (Å²) in [6, 6.07) is 0. The summed E-state index contributed by atoms with van der Waals surface area (Å²) >= 11 is 0. The first-order valence-corrected chi connectivity index (χ1v) is 28.1. The van der Waals surface area contributed by atoms with Crippen LogP contribution in [0.15, 0.2) is 85.1 Å². The molecule has 0 heterocycles. The second-order valence-electron chi connectivity index (χ2n) is 18.5. The van der Waals surface area contributed by atoms with E-state index in [4.69, 9.17) is 14.2 Å². The maximum atomic E-state index is 12.8. The Bertz CT molecular complexity index is 1300. The van der Waals surface area contributed by atoms with Crippen molar-refractivity contribution < 1.29 is 28.6 Å². The fraction of sp³-hybridized carbons (Fsp3) is 0.721. The van der Waals surface area contributed by atoms with Crippen LogP contribution in [0.2, 0.25) is 0 Å². The summed E-state index contributed by atoms with van der Waals surface area (Å²) in [5, 5.41) is 0. The van der Waals surface area contributed by atoms with E-state index in [-0.39, 0.29) is 31.1 Å². The van der Waals surface area contributed by atoms with Crippen molar-refractivity contribution in [3.63, 3.8) is 0 Å². The molecule has 0 radical (unpaired) electrons. The predicted octanol–water partition coefficient (Wildman–Crippen LogP) is 18.8. The third-order valence-electron chi connectivity index (χ3n) is 11.9. The van der Waals surface area contributed by atoms with Crippen LogP contribution in [0.1, 0.15) is 265 Å². The summed E-state index contributed by atoms with van der Waals surface area (Å²) in [6.07, 6.45) is 71.3. The van der Waals surface area contributed by atoms with E-state index < -0.39 is 6.10 Å². The summed E-state index contributed by atoms with van der Waals surface area (Å²) in [6.45, 7) is 6.54. The summed E-state index contributed by atoms with van der Waals surface area (Å²) < 4.78 is 16.8. The molecule has 0 aliphatic carbocycles. The van der Waals surface area contributed by atoms with E-state index in [1.165, 1.54) is 116 Å². The van der Waals surface area contributed by atoms with Gasteiger partial charge in [-0.1, -0.05) is 228 Å². The Morgan fingerprint density at radius 1 is 0.299 bits per heavy atom. The molecule has 0 rings (SSSR count). The molecule has 1 atom stereocenters. The maximum absolute atomic E-state index is 12.8. The van der Waals surface area contributed by atoms with Crippen LogP contribution in [0.5, 0.6) is 0 Å². The first-order valence-electron chi connectivity index (χ1n) is 28.1. The van der Waals surface area contributed by atoms with Crippen LogP contribution in [-0.2, 0) is 28.6 Å². The lowest BCUT2D eigenvalue weighted by atomic mass is 10.1. The van der Waals surface area contributed by atoms with Crippen molar-refractivity contribution in [2.75, 3.05) is 13.2 Å². The zero-order valence-electron chi connectivity index (χ0n) is 43.9. The van der Waals surface area contributed by atoms with Gasteiger partial charge in [0.15, 0.2) is 6.10 Å². The molecule has 384 valence electrons. The number of esters is 3. The van der Waals surface area contributed by atoms with Crippen molar-refractivity contribution in [3.8, 4) is 0 Å².